The molecule has 0 unspecified atom stereocenters. The molecule has 2 rings (SSSR count). The van der Waals surface area contributed by atoms with Gasteiger partial charge >= 0.3 is 0 Å². The van der Waals surface area contributed by atoms with Crippen LogP contribution in [-0.4, -0.2) is 12.1 Å². The van der Waals surface area contributed by atoms with Crippen molar-refractivity contribution in [2.45, 2.75) is 6.54 Å². The number of hydrogen-bond acceptors (Lipinski definition) is 3. The predicted molar refractivity (Wildman–Crippen MR) is 69.5 cm³/mol. The first kappa shape index (κ1) is 12.6. The Labute approximate surface area is 110 Å². The molecule has 0 amide bonds. The van der Waals surface area contributed by atoms with Crippen molar-refractivity contribution in [1.82, 2.24) is 4.98 Å². The number of nitrogens with zero attached hydrogens (tertiary/aromatic N) is 1. The largest absolute Gasteiger partial charge is 0.481 e. The molecule has 0 radical (unpaired) electrons. The third kappa shape index (κ3) is 2.90. The van der Waals surface area contributed by atoms with Gasteiger partial charge in [-0.05, 0) is 17.7 Å². The fraction of sp³-hybridized carbons (Fsp3) is 0.154. The van der Waals surface area contributed by atoms with Crippen LogP contribution in [0, 0.1) is 5.82 Å². The summed E-state index contributed by atoms with van der Waals surface area (Å²) in [5.74, 6) is 0.105. The topological polar surface area (TPSA) is 34.1 Å². The lowest BCUT2D eigenvalue weighted by Gasteiger charge is -2.08. The molecule has 18 heavy (non-hydrogen) atoms. The van der Waals surface area contributed by atoms with E-state index in [2.05, 4.69) is 10.3 Å². The van der Waals surface area contributed by atoms with Crippen LogP contribution in [0.1, 0.15) is 5.56 Å². The van der Waals surface area contributed by atoms with E-state index < -0.39 is 5.82 Å². The number of ether oxygens (including phenoxy) is 1. The molecule has 0 aliphatic heterocycles. The van der Waals surface area contributed by atoms with Crippen LogP contribution in [0.3, 0.4) is 0 Å². The molecule has 0 aliphatic rings. The van der Waals surface area contributed by atoms with Gasteiger partial charge in [-0.15, -0.1) is 0 Å². The number of nitrogens with one attached hydrogen (secondary N) is 1. The molecule has 0 saturated heterocycles. The smallest absolute Gasteiger partial charge is 0.212 e. The van der Waals surface area contributed by atoms with Crippen molar-refractivity contribution in [3.63, 3.8) is 0 Å². The summed E-state index contributed by atoms with van der Waals surface area (Å²) in [5, 5.41) is 3.07. The van der Waals surface area contributed by atoms with E-state index in [9.17, 15) is 4.39 Å². The number of halogens is 2. The maximum atomic E-state index is 13.6. The molecule has 2 aromatic rings. The first-order chi connectivity index (χ1) is 8.70. The van der Waals surface area contributed by atoms with Crippen molar-refractivity contribution in [3.8, 4) is 5.88 Å². The highest BCUT2D eigenvalue weighted by Crippen LogP contribution is 2.22. The van der Waals surface area contributed by atoms with Crippen molar-refractivity contribution in [1.29, 1.82) is 0 Å². The lowest BCUT2D eigenvalue weighted by Crippen LogP contribution is -2.02. The summed E-state index contributed by atoms with van der Waals surface area (Å²) in [6.07, 6.45) is 1.67. The van der Waals surface area contributed by atoms with Gasteiger partial charge in [0.25, 0.3) is 0 Å². The van der Waals surface area contributed by atoms with Gasteiger partial charge in [0.15, 0.2) is 5.82 Å². The third-order valence-corrected chi connectivity index (χ3v) is 2.73. The summed E-state index contributed by atoms with van der Waals surface area (Å²) in [6, 6.07) is 8.46. The molecule has 0 saturated carbocycles. The predicted octanol–water partition coefficient (Wildman–Crippen LogP) is 3.49. The minimum absolute atomic E-state index is 0.104. The molecule has 5 heteroatoms. The van der Waals surface area contributed by atoms with Crippen molar-refractivity contribution < 1.29 is 9.13 Å². The summed E-state index contributed by atoms with van der Waals surface area (Å²) >= 11 is 5.69. The van der Waals surface area contributed by atoms with Gasteiger partial charge < -0.3 is 10.1 Å². The molecular weight excluding hydrogens is 255 g/mol. The fourth-order valence-corrected chi connectivity index (χ4v) is 1.65. The highest BCUT2D eigenvalue weighted by atomic mass is 35.5. The number of pyridine rings is 1. The van der Waals surface area contributed by atoms with Gasteiger partial charge in [-0.1, -0.05) is 23.7 Å². The Morgan fingerprint density at radius 1 is 1.33 bits per heavy atom. The van der Waals surface area contributed by atoms with Gasteiger partial charge in [0.1, 0.15) is 0 Å². The Hall–Kier alpha value is -1.81. The average Bonchev–Trinajstić information content (AvgIpc) is 2.41. The Morgan fingerprint density at radius 2 is 2.17 bits per heavy atom. The van der Waals surface area contributed by atoms with Crippen LogP contribution >= 0.6 is 11.6 Å². The highest BCUT2D eigenvalue weighted by Gasteiger charge is 2.05. The van der Waals surface area contributed by atoms with Crippen molar-refractivity contribution in [2.75, 3.05) is 12.4 Å². The second-order valence-electron chi connectivity index (χ2n) is 3.66. The van der Waals surface area contributed by atoms with Crippen LogP contribution in [-0.2, 0) is 6.54 Å². The van der Waals surface area contributed by atoms with Gasteiger partial charge in [-0.2, -0.15) is 0 Å². The summed E-state index contributed by atoms with van der Waals surface area (Å²) in [6.45, 7) is 0.467. The zero-order chi connectivity index (χ0) is 13.0. The van der Waals surface area contributed by atoms with Gasteiger partial charge in [-0.3, -0.25) is 0 Å². The molecule has 1 aromatic heterocycles. The van der Waals surface area contributed by atoms with Crippen LogP contribution in [0.4, 0.5) is 10.1 Å². The first-order valence-electron chi connectivity index (χ1n) is 5.37. The average molecular weight is 267 g/mol. The minimum atomic E-state index is -0.444. The van der Waals surface area contributed by atoms with Crippen molar-refractivity contribution in [3.05, 3.63) is 52.9 Å². The maximum absolute atomic E-state index is 13.6. The molecule has 0 spiro atoms. The molecule has 94 valence electrons. The van der Waals surface area contributed by atoms with Crippen LogP contribution in [0.15, 0.2) is 36.5 Å². The Morgan fingerprint density at radius 3 is 2.83 bits per heavy atom. The molecule has 0 fully saturated rings. The van der Waals surface area contributed by atoms with Gasteiger partial charge in [0, 0.05) is 18.8 Å². The van der Waals surface area contributed by atoms with E-state index in [1.165, 1.54) is 6.07 Å². The Kier molecular flexibility index (Phi) is 3.99. The maximum Gasteiger partial charge on any atom is 0.212 e. The lowest BCUT2D eigenvalue weighted by atomic mass is 10.2. The van der Waals surface area contributed by atoms with Gasteiger partial charge in [0.05, 0.1) is 17.8 Å². The Balaban J connectivity index is 2.04. The summed E-state index contributed by atoms with van der Waals surface area (Å²) in [4.78, 5) is 4.07. The SMILES string of the molecule is COc1ccc(CNc2cccc(Cl)c2F)cn1. The van der Waals surface area contributed by atoms with E-state index >= 15 is 0 Å². The zero-order valence-corrected chi connectivity index (χ0v) is 10.5. The first-order valence-corrected chi connectivity index (χ1v) is 5.75. The van der Waals surface area contributed by atoms with Gasteiger partial charge in [-0.25, -0.2) is 9.37 Å². The molecule has 1 aromatic carbocycles. The van der Waals surface area contributed by atoms with Crippen LogP contribution in [0.25, 0.3) is 0 Å². The van der Waals surface area contributed by atoms with Crippen LogP contribution < -0.4 is 10.1 Å². The molecule has 1 N–H and O–H groups in total. The van der Waals surface area contributed by atoms with E-state index in [0.717, 1.165) is 5.56 Å². The summed E-state index contributed by atoms with van der Waals surface area (Å²) < 4.78 is 18.6. The van der Waals surface area contributed by atoms with Crippen LogP contribution in [0.5, 0.6) is 5.88 Å². The number of benzene rings is 1. The van der Waals surface area contributed by atoms with E-state index in [1.54, 1.807) is 31.5 Å². The normalized spacial score (nSPS) is 10.2. The highest BCUT2D eigenvalue weighted by molar-refractivity contribution is 6.31. The summed E-state index contributed by atoms with van der Waals surface area (Å²) in [7, 11) is 1.56. The second kappa shape index (κ2) is 5.69. The lowest BCUT2D eigenvalue weighted by molar-refractivity contribution is 0.397. The quantitative estimate of drug-likeness (QED) is 0.920. The molecule has 1 heterocycles. The molecule has 3 nitrogen and oxygen atoms in total. The third-order valence-electron chi connectivity index (χ3n) is 2.44. The van der Waals surface area contributed by atoms with Crippen molar-refractivity contribution in [2.24, 2.45) is 0 Å². The Bertz CT molecular complexity index is 531. The van der Waals surface area contributed by atoms with E-state index in [4.69, 9.17) is 16.3 Å². The molecule has 0 aliphatic carbocycles. The number of anilines is 1. The summed E-state index contributed by atoms with van der Waals surface area (Å²) in [5.41, 5.74) is 1.30. The zero-order valence-electron chi connectivity index (χ0n) is 9.78. The standard InChI is InChI=1S/C13H12ClFN2O/c1-18-12-6-5-9(8-17-12)7-16-11-4-2-3-10(14)13(11)15/h2-6,8,16H,7H2,1H3. The second-order valence-corrected chi connectivity index (χ2v) is 4.07. The van der Waals surface area contributed by atoms with Crippen LogP contribution in [0.2, 0.25) is 5.02 Å². The molecule has 0 atom stereocenters. The monoisotopic (exact) mass is 266 g/mol. The number of hydrogen-bond donors (Lipinski definition) is 1. The van der Waals surface area contributed by atoms with E-state index in [1.807, 2.05) is 6.07 Å². The molecule has 0 bridgehead atoms. The number of aromatic nitrogens is 1. The number of methoxy groups -OCH3 is 1. The van der Waals surface area contributed by atoms with Crippen molar-refractivity contribution >= 4 is 17.3 Å². The minimum Gasteiger partial charge on any atom is -0.481 e. The molecular formula is C13H12ClFN2O. The van der Waals surface area contributed by atoms with E-state index in [-0.39, 0.29) is 5.02 Å². The fourth-order valence-electron chi connectivity index (χ4n) is 1.47. The number of rotatable bonds is 4. The van der Waals surface area contributed by atoms with Gasteiger partial charge in [0.2, 0.25) is 5.88 Å². The van der Waals surface area contributed by atoms with E-state index in [0.29, 0.717) is 18.1 Å².